The fourth-order valence-electron chi connectivity index (χ4n) is 5.07. The molecule has 2 aromatic rings. The van der Waals surface area contributed by atoms with Crippen molar-refractivity contribution in [1.82, 2.24) is 10.2 Å². The zero-order valence-corrected chi connectivity index (χ0v) is 19.0. The van der Waals surface area contributed by atoms with Crippen molar-refractivity contribution in [2.24, 2.45) is 0 Å². The van der Waals surface area contributed by atoms with E-state index in [1.165, 1.54) is 12.7 Å². The third-order valence-electron chi connectivity index (χ3n) is 7.01. The van der Waals surface area contributed by atoms with Crippen LogP contribution in [0.1, 0.15) is 31.2 Å². The first-order chi connectivity index (χ1) is 15.4. The molecule has 4 rings (SSSR count). The summed E-state index contributed by atoms with van der Waals surface area (Å²) < 4.78 is 10.3. The lowest BCUT2D eigenvalue weighted by molar-refractivity contribution is -0.142. The molecule has 7 heteroatoms. The Balaban J connectivity index is 1.52. The van der Waals surface area contributed by atoms with E-state index in [4.69, 9.17) is 4.74 Å². The van der Waals surface area contributed by atoms with E-state index in [0.717, 1.165) is 25.7 Å². The van der Waals surface area contributed by atoms with Gasteiger partial charge in [-0.3, -0.25) is 9.80 Å². The highest BCUT2D eigenvalue weighted by Gasteiger charge is 2.50. The third-order valence-corrected chi connectivity index (χ3v) is 7.01. The van der Waals surface area contributed by atoms with Gasteiger partial charge in [-0.15, -0.1) is 0 Å². The highest BCUT2D eigenvalue weighted by Crippen LogP contribution is 2.46. The molecule has 170 valence electrons. The minimum absolute atomic E-state index is 0.0355. The number of para-hydroxylation sites is 2. The molecule has 0 unspecified atom stereocenters. The first-order valence-corrected chi connectivity index (χ1v) is 11.0. The molecule has 1 saturated carbocycles. The molecule has 2 amide bonds. The van der Waals surface area contributed by atoms with Gasteiger partial charge in [0, 0.05) is 5.54 Å². The van der Waals surface area contributed by atoms with Crippen LogP contribution in [0.4, 0.5) is 10.5 Å². The molecule has 0 aromatic heterocycles. The van der Waals surface area contributed by atoms with Gasteiger partial charge in [-0.2, -0.15) is 0 Å². The normalized spacial score (nSPS) is 25.1. The molecular weight excluding hydrogens is 406 g/mol. The molecule has 0 atom stereocenters. The van der Waals surface area contributed by atoms with Crippen molar-refractivity contribution in [1.29, 1.82) is 0 Å². The van der Waals surface area contributed by atoms with Crippen LogP contribution in [-0.4, -0.2) is 56.8 Å². The van der Waals surface area contributed by atoms with Crippen LogP contribution in [0, 0.1) is 0 Å². The van der Waals surface area contributed by atoms with Gasteiger partial charge in [-0.05, 0) is 57.5 Å². The molecular formula is C25H31N3O4. The fraction of sp³-hybridized carbons (Fsp3) is 0.440. The van der Waals surface area contributed by atoms with Crippen molar-refractivity contribution < 1.29 is 19.1 Å². The number of benzene rings is 2. The smallest absolute Gasteiger partial charge is 0.343 e. The Morgan fingerprint density at radius 1 is 1.03 bits per heavy atom. The number of nitrogens with zero attached hydrogens (tertiary/aromatic N) is 2. The second kappa shape index (κ2) is 8.82. The van der Waals surface area contributed by atoms with Crippen LogP contribution >= 0.6 is 0 Å². The number of ether oxygens (including phenoxy) is 2. The summed E-state index contributed by atoms with van der Waals surface area (Å²) in [7, 11) is 5.60. The van der Waals surface area contributed by atoms with Gasteiger partial charge in [0.05, 0.1) is 24.9 Å². The van der Waals surface area contributed by atoms with Gasteiger partial charge in [0.15, 0.2) is 6.61 Å². The predicted molar refractivity (Wildman–Crippen MR) is 123 cm³/mol. The van der Waals surface area contributed by atoms with Crippen LogP contribution in [0.2, 0.25) is 0 Å². The van der Waals surface area contributed by atoms with Gasteiger partial charge in [-0.25, -0.2) is 9.59 Å². The average Bonchev–Trinajstić information content (AvgIpc) is 3.14. The van der Waals surface area contributed by atoms with E-state index in [1.54, 1.807) is 11.0 Å². The summed E-state index contributed by atoms with van der Waals surface area (Å²) in [6, 6.07) is 17.8. The molecule has 1 aliphatic heterocycles. The number of carbonyl (C=O) groups is 2. The molecule has 1 heterocycles. The molecule has 2 fully saturated rings. The molecule has 0 radical (unpaired) electrons. The first-order valence-electron chi connectivity index (χ1n) is 11.0. The van der Waals surface area contributed by atoms with Crippen molar-refractivity contribution in [2.75, 3.05) is 39.3 Å². The molecule has 1 aliphatic carbocycles. The van der Waals surface area contributed by atoms with Crippen molar-refractivity contribution in [2.45, 2.75) is 36.8 Å². The van der Waals surface area contributed by atoms with Gasteiger partial charge in [0.2, 0.25) is 0 Å². The van der Waals surface area contributed by atoms with E-state index < -0.39 is 5.97 Å². The lowest BCUT2D eigenvalue weighted by Gasteiger charge is -2.48. The monoisotopic (exact) mass is 437 g/mol. The van der Waals surface area contributed by atoms with Crippen LogP contribution < -0.4 is 15.0 Å². The minimum atomic E-state index is -0.463. The van der Waals surface area contributed by atoms with E-state index in [2.05, 4.69) is 53.3 Å². The van der Waals surface area contributed by atoms with Crippen LogP contribution in [0.25, 0.3) is 0 Å². The van der Waals surface area contributed by atoms with Crippen molar-refractivity contribution >= 4 is 17.7 Å². The van der Waals surface area contributed by atoms with E-state index >= 15 is 0 Å². The van der Waals surface area contributed by atoms with Gasteiger partial charge in [0.1, 0.15) is 5.75 Å². The van der Waals surface area contributed by atoms with Gasteiger partial charge in [0.25, 0.3) is 0 Å². The van der Waals surface area contributed by atoms with Crippen molar-refractivity contribution in [3.8, 4) is 5.75 Å². The van der Waals surface area contributed by atoms with E-state index in [9.17, 15) is 9.59 Å². The summed E-state index contributed by atoms with van der Waals surface area (Å²) in [6.45, 7) is 0.374. The quantitative estimate of drug-likeness (QED) is 0.700. The topological polar surface area (TPSA) is 71.1 Å². The molecule has 0 bridgehead atoms. The fourth-order valence-corrected chi connectivity index (χ4v) is 5.07. The SMILES string of the molecule is COC(=O)COc1ccccc1N1C[C@]2(CC[C@@](c3ccccc3)(N(C)C)CC2)NC1=O. The van der Waals surface area contributed by atoms with Crippen LogP contribution in [0.3, 0.4) is 0 Å². The summed E-state index contributed by atoms with van der Waals surface area (Å²) in [5.74, 6) is 0.0307. The van der Waals surface area contributed by atoms with E-state index in [0.29, 0.717) is 18.0 Å². The van der Waals surface area contributed by atoms with E-state index in [1.807, 2.05) is 24.3 Å². The summed E-state index contributed by atoms with van der Waals surface area (Å²) in [4.78, 5) is 28.6. The molecule has 1 saturated heterocycles. The molecule has 32 heavy (non-hydrogen) atoms. The number of urea groups is 1. The minimum Gasteiger partial charge on any atom is -0.480 e. The Kier molecular flexibility index (Phi) is 6.11. The summed E-state index contributed by atoms with van der Waals surface area (Å²) in [5.41, 5.74) is 1.67. The lowest BCUT2D eigenvalue weighted by Crippen LogP contribution is -2.54. The van der Waals surface area contributed by atoms with Crippen LogP contribution in [0.5, 0.6) is 5.75 Å². The Morgan fingerprint density at radius 2 is 1.69 bits per heavy atom. The summed E-state index contributed by atoms with van der Waals surface area (Å²) >= 11 is 0. The summed E-state index contributed by atoms with van der Waals surface area (Å²) in [6.07, 6.45) is 3.68. The first kappa shape index (κ1) is 22.1. The Labute approximate surface area is 189 Å². The number of hydrogen-bond acceptors (Lipinski definition) is 5. The zero-order chi connectivity index (χ0) is 22.8. The number of methoxy groups -OCH3 is 1. The molecule has 1 spiro atoms. The van der Waals surface area contributed by atoms with Gasteiger partial charge < -0.3 is 14.8 Å². The maximum Gasteiger partial charge on any atom is 0.343 e. The van der Waals surface area contributed by atoms with Gasteiger partial charge >= 0.3 is 12.0 Å². The molecule has 1 N–H and O–H groups in total. The second-order valence-electron chi connectivity index (χ2n) is 8.92. The van der Waals surface area contributed by atoms with Gasteiger partial charge in [-0.1, -0.05) is 42.5 Å². The van der Waals surface area contributed by atoms with Crippen molar-refractivity contribution in [3.63, 3.8) is 0 Å². The van der Waals surface area contributed by atoms with E-state index in [-0.39, 0.29) is 23.7 Å². The highest BCUT2D eigenvalue weighted by molar-refractivity contribution is 5.96. The number of amides is 2. The van der Waals surface area contributed by atoms with Crippen LogP contribution in [-0.2, 0) is 15.1 Å². The Hall–Kier alpha value is -3.06. The number of hydrogen-bond donors (Lipinski definition) is 1. The number of esters is 1. The average molecular weight is 438 g/mol. The number of nitrogens with one attached hydrogen (secondary N) is 1. The molecule has 7 nitrogen and oxygen atoms in total. The lowest BCUT2D eigenvalue weighted by atomic mass is 9.69. The number of carbonyl (C=O) groups excluding carboxylic acids is 2. The summed E-state index contributed by atoms with van der Waals surface area (Å²) in [5, 5.41) is 3.27. The largest absolute Gasteiger partial charge is 0.480 e. The highest BCUT2D eigenvalue weighted by atomic mass is 16.6. The maximum atomic E-state index is 13.0. The zero-order valence-electron chi connectivity index (χ0n) is 19.0. The second-order valence-corrected chi connectivity index (χ2v) is 8.92. The molecule has 2 aliphatic rings. The van der Waals surface area contributed by atoms with Crippen molar-refractivity contribution in [3.05, 3.63) is 60.2 Å². The predicted octanol–water partition coefficient (Wildman–Crippen LogP) is 3.54. The van der Waals surface area contributed by atoms with Crippen LogP contribution in [0.15, 0.2) is 54.6 Å². The maximum absolute atomic E-state index is 13.0. The Bertz CT molecular complexity index is 968. The third kappa shape index (κ3) is 4.05. The number of rotatable bonds is 6. The standard InChI is InChI=1S/C25H31N3O4/c1-27(2)25(19-9-5-4-6-10-19)15-13-24(14-16-25)18-28(23(30)26-24)20-11-7-8-12-21(20)32-17-22(29)31-3/h4-12H,13-18H2,1-3H3,(H,26,30)/t24-,25-. The number of anilines is 1. The molecule has 2 aromatic carbocycles. The Morgan fingerprint density at radius 3 is 2.34 bits per heavy atom.